The molecule has 0 fully saturated rings. The first kappa shape index (κ1) is 31.5. The maximum absolute atomic E-state index is 13.4. The molecule has 0 saturated carbocycles. The van der Waals surface area contributed by atoms with Crippen molar-refractivity contribution in [2.24, 2.45) is 0 Å². The van der Waals surface area contributed by atoms with E-state index < -0.39 is 14.6 Å². The molecular weight excluding hydrogens is 631 g/mol. The second-order valence-corrected chi connectivity index (χ2v) is 14.9. The highest BCUT2D eigenvalue weighted by Gasteiger charge is 2.36. The van der Waals surface area contributed by atoms with Gasteiger partial charge >= 0.3 is 0 Å². The van der Waals surface area contributed by atoms with Crippen LogP contribution in [0.2, 0.25) is 0 Å². The van der Waals surface area contributed by atoms with E-state index in [1.54, 1.807) is 36.0 Å². The SMILES string of the molecule is CS(=O)(=O)c1ccccc1SNc1cccc2cc(C(=O)NCCSC(c3ccccc3)(c3ccccc3)c3ccccc3)[nH]c12. The maximum atomic E-state index is 13.4. The Balaban J connectivity index is 1.18. The Morgan fingerprint density at radius 2 is 1.30 bits per heavy atom. The average Bonchev–Trinajstić information content (AvgIpc) is 3.54. The highest BCUT2D eigenvalue weighted by Crippen LogP contribution is 2.48. The highest BCUT2D eigenvalue weighted by molar-refractivity contribution is 8.01. The lowest BCUT2D eigenvalue weighted by Crippen LogP contribution is -2.30. The zero-order chi connectivity index (χ0) is 32.0. The number of para-hydroxylation sites is 1. The molecule has 3 N–H and O–H groups in total. The van der Waals surface area contributed by atoms with E-state index in [1.807, 2.05) is 42.5 Å². The first-order valence-electron chi connectivity index (χ1n) is 14.8. The minimum absolute atomic E-state index is 0.192. The summed E-state index contributed by atoms with van der Waals surface area (Å²) in [6.45, 7) is 0.469. The summed E-state index contributed by atoms with van der Waals surface area (Å²) in [7, 11) is -3.38. The van der Waals surface area contributed by atoms with Crippen molar-refractivity contribution in [1.29, 1.82) is 0 Å². The van der Waals surface area contributed by atoms with Crippen LogP contribution in [0.1, 0.15) is 27.2 Å². The van der Waals surface area contributed by atoms with E-state index in [0.717, 1.165) is 16.6 Å². The Hall–Kier alpha value is -4.44. The monoisotopic (exact) mass is 663 g/mol. The van der Waals surface area contributed by atoms with Crippen LogP contribution in [0.5, 0.6) is 0 Å². The van der Waals surface area contributed by atoms with Crippen LogP contribution in [0.3, 0.4) is 0 Å². The zero-order valence-electron chi connectivity index (χ0n) is 25.1. The van der Waals surface area contributed by atoms with Crippen molar-refractivity contribution in [2.45, 2.75) is 14.5 Å². The number of thioether (sulfide) groups is 1. The quantitative estimate of drug-likeness (QED) is 0.0696. The standard InChI is InChI=1S/C37H33N3O3S3/c1-46(42,43)34-23-12-11-22-33(34)45-40-31-21-13-14-27-26-32(39-35(27)31)36(41)38-24-25-44-37(28-15-5-2-6-16-28,29-17-7-3-8-18-29)30-19-9-4-10-20-30/h2-23,26,39-40H,24-25H2,1H3,(H,38,41). The Kier molecular flexibility index (Phi) is 9.53. The minimum atomic E-state index is -3.38. The number of aromatic nitrogens is 1. The average molecular weight is 664 g/mol. The summed E-state index contributed by atoms with van der Waals surface area (Å²) in [4.78, 5) is 17.5. The summed E-state index contributed by atoms with van der Waals surface area (Å²) in [5.41, 5.74) is 5.50. The van der Waals surface area contributed by atoms with Gasteiger partial charge in [-0.3, -0.25) is 4.79 Å². The topological polar surface area (TPSA) is 91.1 Å². The molecule has 0 aliphatic rings. The van der Waals surface area contributed by atoms with Crippen molar-refractivity contribution >= 4 is 56.0 Å². The number of rotatable bonds is 12. The van der Waals surface area contributed by atoms with Crippen LogP contribution in [0.4, 0.5) is 5.69 Å². The molecule has 0 radical (unpaired) electrons. The lowest BCUT2D eigenvalue weighted by atomic mass is 9.84. The number of H-pyrrole nitrogens is 1. The summed E-state index contributed by atoms with van der Waals surface area (Å²) >= 11 is 3.02. The lowest BCUT2D eigenvalue weighted by Gasteiger charge is -2.35. The number of carbonyl (C=O) groups excluding carboxylic acids is 1. The predicted molar refractivity (Wildman–Crippen MR) is 191 cm³/mol. The van der Waals surface area contributed by atoms with Gasteiger partial charge in [-0.15, -0.1) is 11.8 Å². The second kappa shape index (κ2) is 13.9. The van der Waals surface area contributed by atoms with Gasteiger partial charge in [0.15, 0.2) is 9.84 Å². The lowest BCUT2D eigenvalue weighted by molar-refractivity contribution is 0.0952. The van der Waals surface area contributed by atoms with Gasteiger partial charge in [-0.1, -0.05) is 115 Å². The molecule has 46 heavy (non-hydrogen) atoms. The molecule has 5 aromatic carbocycles. The molecule has 1 heterocycles. The Labute approximate surface area is 278 Å². The number of amides is 1. The summed E-state index contributed by atoms with van der Waals surface area (Å²) in [6, 6.07) is 45.9. The minimum Gasteiger partial charge on any atom is -0.350 e. The van der Waals surface area contributed by atoms with E-state index in [4.69, 9.17) is 0 Å². The van der Waals surface area contributed by atoms with Gasteiger partial charge < -0.3 is 15.0 Å². The normalized spacial score (nSPS) is 11.8. The van der Waals surface area contributed by atoms with Gasteiger partial charge in [0, 0.05) is 28.8 Å². The molecule has 6 aromatic rings. The van der Waals surface area contributed by atoms with Gasteiger partial charge in [-0.25, -0.2) is 8.42 Å². The van der Waals surface area contributed by atoms with Crippen LogP contribution < -0.4 is 10.0 Å². The molecule has 6 rings (SSSR count). The van der Waals surface area contributed by atoms with Crippen LogP contribution in [0.25, 0.3) is 10.9 Å². The van der Waals surface area contributed by atoms with Gasteiger partial charge in [0.05, 0.1) is 20.8 Å². The maximum Gasteiger partial charge on any atom is 0.267 e. The van der Waals surface area contributed by atoms with E-state index in [0.29, 0.717) is 22.9 Å². The molecule has 6 nitrogen and oxygen atoms in total. The molecule has 0 bridgehead atoms. The molecule has 1 aromatic heterocycles. The summed E-state index contributed by atoms with van der Waals surface area (Å²) < 4.78 is 27.3. The van der Waals surface area contributed by atoms with Gasteiger partial charge in [0.25, 0.3) is 5.91 Å². The molecule has 1 amide bonds. The zero-order valence-corrected chi connectivity index (χ0v) is 27.6. The van der Waals surface area contributed by atoms with Crippen LogP contribution in [0.15, 0.2) is 149 Å². The fourth-order valence-corrected chi connectivity index (χ4v) is 9.01. The number of hydrogen-bond acceptors (Lipinski definition) is 6. The number of sulfone groups is 1. The number of aromatic amines is 1. The molecular formula is C37H33N3O3S3. The smallest absolute Gasteiger partial charge is 0.267 e. The molecule has 9 heteroatoms. The second-order valence-electron chi connectivity index (χ2n) is 10.8. The van der Waals surface area contributed by atoms with Crippen molar-refractivity contribution in [2.75, 3.05) is 23.3 Å². The van der Waals surface area contributed by atoms with E-state index in [2.05, 4.69) is 87.8 Å². The number of anilines is 1. The summed E-state index contributed by atoms with van der Waals surface area (Å²) in [5, 5.41) is 3.98. The number of hydrogen-bond donors (Lipinski definition) is 3. The Bertz CT molecular complexity index is 1950. The van der Waals surface area contributed by atoms with E-state index in [1.165, 1.54) is 34.9 Å². The third kappa shape index (κ3) is 6.72. The summed E-state index contributed by atoms with van der Waals surface area (Å²) in [5.74, 6) is 0.482. The van der Waals surface area contributed by atoms with Crippen LogP contribution >= 0.6 is 23.7 Å². The van der Waals surface area contributed by atoms with Crippen molar-refractivity contribution in [1.82, 2.24) is 10.3 Å². The molecule has 0 spiro atoms. The largest absolute Gasteiger partial charge is 0.350 e. The molecule has 0 unspecified atom stereocenters. The van der Waals surface area contributed by atoms with Gasteiger partial charge in [0.2, 0.25) is 0 Å². The van der Waals surface area contributed by atoms with Crippen molar-refractivity contribution in [3.63, 3.8) is 0 Å². The first-order chi connectivity index (χ1) is 22.4. The third-order valence-electron chi connectivity index (χ3n) is 7.67. The first-order valence-corrected chi connectivity index (χ1v) is 18.5. The fraction of sp³-hybridized carbons (Fsp3) is 0.108. The Morgan fingerprint density at radius 1 is 0.739 bits per heavy atom. The highest BCUT2D eigenvalue weighted by atomic mass is 32.2. The van der Waals surface area contributed by atoms with Crippen molar-refractivity contribution < 1.29 is 13.2 Å². The number of benzene rings is 5. The van der Waals surface area contributed by atoms with Crippen LogP contribution in [-0.4, -0.2) is 37.9 Å². The summed E-state index contributed by atoms with van der Waals surface area (Å²) in [6.07, 6.45) is 1.20. The van der Waals surface area contributed by atoms with Crippen LogP contribution in [0, 0.1) is 0 Å². The third-order valence-corrected chi connectivity index (χ3v) is 11.4. The predicted octanol–water partition coefficient (Wildman–Crippen LogP) is 8.15. The molecule has 0 aliphatic carbocycles. The van der Waals surface area contributed by atoms with E-state index in [9.17, 15) is 13.2 Å². The van der Waals surface area contributed by atoms with Gasteiger partial charge in [-0.05, 0) is 52.9 Å². The van der Waals surface area contributed by atoms with Gasteiger partial charge in [-0.2, -0.15) is 0 Å². The number of carbonyl (C=O) groups is 1. The molecule has 0 atom stereocenters. The van der Waals surface area contributed by atoms with Crippen molar-refractivity contribution in [3.8, 4) is 0 Å². The van der Waals surface area contributed by atoms with Crippen molar-refractivity contribution in [3.05, 3.63) is 162 Å². The number of fused-ring (bicyclic) bond motifs is 1. The van der Waals surface area contributed by atoms with Crippen LogP contribution in [-0.2, 0) is 14.6 Å². The molecule has 0 aliphatic heterocycles. The van der Waals surface area contributed by atoms with E-state index in [-0.39, 0.29) is 10.8 Å². The fourth-order valence-electron chi connectivity index (χ4n) is 5.55. The number of nitrogens with one attached hydrogen (secondary N) is 3. The molecule has 0 saturated heterocycles. The van der Waals surface area contributed by atoms with E-state index >= 15 is 0 Å². The Morgan fingerprint density at radius 3 is 1.89 bits per heavy atom. The molecule has 232 valence electrons. The van der Waals surface area contributed by atoms with Gasteiger partial charge in [0.1, 0.15) is 5.69 Å².